The van der Waals surface area contributed by atoms with Gasteiger partial charge in [-0.25, -0.2) is 0 Å². The maximum absolute atomic E-state index is 11.0. The van der Waals surface area contributed by atoms with Crippen LogP contribution in [0.5, 0.6) is 0 Å². The molecule has 0 spiro atoms. The molecule has 0 radical (unpaired) electrons. The number of carboxylic acids is 1. The minimum Gasteiger partial charge on any atom is -0.481 e. The monoisotopic (exact) mass is 332 g/mol. The highest BCUT2D eigenvalue weighted by molar-refractivity contribution is 7.32. The van der Waals surface area contributed by atoms with Crippen molar-refractivity contribution in [3.63, 3.8) is 0 Å². The molecule has 0 aromatic rings. The van der Waals surface area contributed by atoms with Crippen LogP contribution in [0, 0.1) is 11.8 Å². The number of allylic oxidation sites excluding steroid dienone is 1. The zero-order valence-corrected chi connectivity index (χ0v) is 15.2. The minimum absolute atomic E-state index is 0.0301. The molecule has 22 heavy (non-hydrogen) atoms. The summed E-state index contributed by atoms with van der Waals surface area (Å²) in [6, 6.07) is 0. The molecule has 128 valence electrons. The van der Waals surface area contributed by atoms with Crippen LogP contribution >= 0.6 is 8.81 Å². The summed E-state index contributed by atoms with van der Waals surface area (Å²) in [6.45, 7) is 7.90. The summed E-state index contributed by atoms with van der Waals surface area (Å²) < 4.78 is 16.7. The molecule has 1 fully saturated rings. The van der Waals surface area contributed by atoms with Gasteiger partial charge >= 0.3 is 5.97 Å². The van der Waals surface area contributed by atoms with Gasteiger partial charge in [0.25, 0.3) is 0 Å². The van der Waals surface area contributed by atoms with E-state index in [-0.39, 0.29) is 18.4 Å². The highest BCUT2D eigenvalue weighted by Crippen LogP contribution is 2.34. The number of hydrogen-bond donors (Lipinski definition) is 1. The molecular formula is C16H29O5P. The van der Waals surface area contributed by atoms with Gasteiger partial charge in [0.2, 0.25) is 0 Å². The van der Waals surface area contributed by atoms with Crippen molar-refractivity contribution in [1.82, 2.24) is 0 Å². The standard InChI is InChI=1S/C16H29O5P/c1-11(10-22-19-5)7-6-8-12(2)15-13(9-14(17)18)20-16(3,4)21-15/h6,8,11-13,15,22H,7,9-10H2,1-5H3,(H,17,18)/b8-6-/t11-,12?,13+,15-/m1/s1. The summed E-state index contributed by atoms with van der Waals surface area (Å²) in [5.41, 5.74) is 0. The first kappa shape index (κ1) is 19.6. The van der Waals surface area contributed by atoms with Crippen LogP contribution in [0.2, 0.25) is 0 Å². The van der Waals surface area contributed by atoms with Crippen LogP contribution in [0.15, 0.2) is 12.2 Å². The molecule has 0 aromatic heterocycles. The first-order chi connectivity index (χ1) is 10.2. The molecule has 1 saturated heterocycles. The van der Waals surface area contributed by atoms with Crippen LogP contribution < -0.4 is 0 Å². The third kappa shape index (κ3) is 6.74. The molecule has 0 bridgehead atoms. The predicted octanol–water partition coefficient (Wildman–Crippen LogP) is 3.44. The van der Waals surface area contributed by atoms with Crippen LogP contribution in [0.25, 0.3) is 0 Å². The van der Waals surface area contributed by atoms with E-state index in [1.807, 2.05) is 20.8 Å². The highest BCUT2D eigenvalue weighted by atomic mass is 31.1. The predicted molar refractivity (Wildman–Crippen MR) is 88.4 cm³/mol. The lowest BCUT2D eigenvalue weighted by molar-refractivity contribution is -0.153. The zero-order chi connectivity index (χ0) is 16.8. The Bertz CT molecular complexity index is 383. The SMILES string of the molecule is COPC[C@H](C)C/C=C\C(C)[C@H]1OC(C)(C)O[C@H]1CC(=O)O. The van der Waals surface area contributed by atoms with Crippen molar-refractivity contribution in [1.29, 1.82) is 0 Å². The van der Waals surface area contributed by atoms with Crippen molar-refractivity contribution in [2.24, 2.45) is 11.8 Å². The van der Waals surface area contributed by atoms with Crippen molar-refractivity contribution in [2.45, 2.75) is 58.5 Å². The lowest BCUT2D eigenvalue weighted by Crippen LogP contribution is -2.30. The summed E-state index contributed by atoms with van der Waals surface area (Å²) in [6.07, 6.45) is 5.66. The van der Waals surface area contributed by atoms with Crippen molar-refractivity contribution < 1.29 is 23.9 Å². The van der Waals surface area contributed by atoms with Crippen molar-refractivity contribution in [2.75, 3.05) is 13.3 Å². The lowest BCUT2D eigenvalue weighted by Gasteiger charge is -2.20. The molecule has 0 amide bonds. The van der Waals surface area contributed by atoms with E-state index in [4.69, 9.17) is 19.1 Å². The van der Waals surface area contributed by atoms with Crippen LogP contribution in [-0.2, 0) is 18.8 Å². The van der Waals surface area contributed by atoms with E-state index >= 15 is 0 Å². The lowest BCUT2D eigenvalue weighted by atomic mass is 9.96. The molecule has 0 aromatic carbocycles. The number of carboxylic acid groups (broad SMARTS) is 1. The van der Waals surface area contributed by atoms with Crippen LogP contribution in [-0.4, -0.2) is 42.3 Å². The molecule has 5 nitrogen and oxygen atoms in total. The Labute approximate surface area is 135 Å². The maximum Gasteiger partial charge on any atom is 0.306 e. The van der Waals surface area contributed by atoms with E-state index in [1.165, 1.54) is 0 Å². The van der Waals surface area contributed by atoms with Gasteiger partial charge < -0.3 is 19.1 Å². The summed E-state index contributed by atoms with van der Waals surface area (Å²) in [7, 11) is 2.27. The number of carbonyl (C=O) groups is 1. The fourth-order valence-corrected chi connectivity index (χ4v) is 3.20. The normalized spacial score (nSPS) is 27.7. The molecule has 1 aliphatic heterocycles. The topological polar surface area (TPSA) is 65.0 Å². The second kappa shape index (κ2) is 8.97. The summed E-state index contributed by atoms with van der Waals surface area (Å²) >= 11 is 0. The van der Waals surface area contributed by atoms with Gasteiger partial charge in [-0.2, -0.15) is 0 Å². The van der Waals surface area contributed by atoms with E-state index in [1.54, 1.807) is 7.11 Å². The van der Waals surface area contributed by atoms with Gasteiger partial charge in [0.05, 0.1) is 18.6 Å². The summed E-state index contributed by atoms with van der Waals surface area (Å²) in [5, 5.41) is 9.01. The third-order valence-corrected chi connectivity index (χ3v) is 4.82. The van der Waals surface area contributed by atoms with Crippen LogP contribution in [0.4, 0.5) is 0 Å². The number of ether oxygens (including phenoxy) is 2. The molecule has 1 aliphatic rings. The van der Waals surface area contributed by atoms with E-state index < -0.39 is 17.9 Å². The van der Waals surface area contributed by atoms with Gasteiger partial charge in [0.15, 0.2) is 5.79 Å². The minimum atomic E-state index is -0.860. The largest absolute Gasteiger partial charge is 0.481 e. The van der Waals surface area contributed by atoms with Crippen molar-refractivity contribution in [3.8, 4) is 0 Å². The Morgan fingerprint density at radius 1 is 1.41 bits per heavy atom. The van der Waals surface area contributed by atoms with Gasteiger partial charge in [0.1, 0.15) is 0 Å². The van der Waals surface area contributed by atoms with Crippen molar-refractivity contribution >= 4 is 14.8 Å². The Kier molecular flexibility index (Phi) is 7.98. The fraction of sp³-hybridized carbons (Fsp3) is 0.812. The van der Waals surface area contributed by atoms with Crippen LogP contribution in [0.3, 0.4) is 0 Å². The van der Waals surface area contributed by atoms with Crippen LogP contribution in [0.1, 0.15) is 40.5 Å². The second-order valence-electron chi connectivity index (χ2n) is 6.42. The Morgan fingerprint density at radius 3 is 2.68 bits per heavy atom. The van der Waals surface area contributed by atoms with E-state index in [9.17, 15) is 4.79 Å². The molecule has 6 heteroatoms. The maximum atomic E-state index is 11.0. The molecular weight excluding hydrogens is 303 g/mol. The number of aliphatic carboxylic acids is 1. The average Bonchev–Trinajstić information content (AvgIpc) is 2.70. The van der Waals surface area contributed by atoms with E-state index in [0.29, 0.717) is 14.7 Å². The molecule has 1 rings (SSSR count). The fourth-order valence-electron chi connectivity index (χ4n) is 2.58. The first-order valence-electron chi connectivity index (χ1n) is 7.75. The third-order valence-electron chi connectivity index (χ3n) is 3.67. The highest BCUT2D eigenvalue weighted by Gasteiger charge is 2.43. The Balaban J connectivity index is 2.54. The smallest absolute Gasteiger partial charge is 0.306 e. The quantitative estimate of drug-likeness (QED) is 0.517. The molecule has 1 heterocycles. The Morgan fingerprint density at radius 2 is 2.09 bits per heavy atom. The average molecular weight is 332 g/mol. The molecule has 0 saturated carbocycles. The second-order valence-corrected chi connectivity index (χ2v) is 7.52. The van der Waals surface area contributed by atoms with E-state index in [0.717, 1.165) is 12.6 Å². The van der Waals surface area contributed by atoms with Gasteiger partial charge in [-0.1, -0.05) is 26.0 Å². The van der Waals surface area contributed by atoms with Gasteiger partial charge in [-0.15, -0.1) is 0 Å². The molecule has 0 aliphatic carbocycles. The molecule has 2 unspecified atom stereocenters. The van der Waals surface area contributed by atoms with Gasteiger partial charge in [-0.05, 0) is 32.3 Å². The first-order valence-corrected chi connectivity index (χ1v) is 8.86. The van der Waals surface area contributed by atoms with Gasteiger partial charge in [-0.3, -0.25) is 4.79 Å². The van der Waals surface area contributed by atoms with Crippen molar-refractivity contribution in [3.05, 3.63) is 12.2 Å². The number of rotatable bonds is 9. The van der Waals surface area contributed by atoms with Gasteiger partial charge in [0, 0.05) is 21.8 Å². The zero-order valence-electron chi connectivity index (χ0n) is 14.2. The molecule has 1 N–H and O–H groups in total. The summed E-state index contributed by atoms with van der Waals surface area (Å²) in [4.78, 5) is 11.0. The Hall–Kier alpha value is -0.480. The molecule has 5 atom stereocenters. The van der Waals surface area contributed by atoms with E-state index in [2.05, 4.69) is 19.1 Å². The summed E-state index contributed by atoms with van der Waals surface area (Å²) in [5.74, 6) is -0.890. The number of hydrogen-bond acceptors (Lipinski definition) is 4.